The molecule has 26 heavy (non-hydrogen) atoms. The van der Waals surface area contributed by atoms with Gasteiger partial charge in [-0.25, -0.2) is 0 Å². The van der Waals surface area contributed by atoms with E-state index in [0.29, 0.717) is 17.9 Å². The van der Waals surface area contributed by atoms with Crippen LogP contribution in [0.2, 0.25) is 0 Å². The van der Waals surface area contributed by atoms with Crippen LogP contribution in [0.3, 0.4) is 0 Å². The Labute approximate surface area is 148 Å². The van der Waals surface area contributed by atoms with E-state index in [2.05, 4.69) is 20.6 Å². The monoisotopic (exact) mass is 358 g/mol. The normalized spacial score (nSPS) is 10.8. The van der Waals surface area contributed by atoms with Crippen molar-refractivity contribution in [2.45, 2.75) is 33.5 Å². The number of aryl methyl sites for hydroxylation is 2. The number of anilines is 1. The summed E-state index contributed by atoms with van der Waals surface area (Å²) in [6.07, 6.45) is 6.90. The van der Waals surface area contributed by atoms with Gasteiger partial charge in [-0.15, -0.1) is 4.68 Å². The fourth-order valence-corrected chi connectivity index (χ4v) is 2.49. The van der Waals surface area contributed by atoms with Gasteiger partial charge in [0.15, 0.2) is 6.54 Å². The molecule has 0 radical (unpaired) electrons. The quantitative estimate of drug-likeness (QED) is 0.499. The summed E-state index contributed by atoms with van der Waals surface area (Å²) in [5, 5.41) is 26.0. The molecule has 0 aliphatic rings. The number of nitrogens with zero attached hydrogens (tertiary/aromatic N) is 7. The fourth-order valence-electron chi connectivity index (χ4n) is 2.49. The fraction of sp³-hybridized carbons (Fsp3) is 0.333. The third-order valence-electron chi connectivity index (χ3n) is 3.63. The molecular formula is C15H18N8O3. The average Bonchev–Trinajstić information content (AvgIpc) is 3.28. The third kappa shape index (κ3) is 3.94. The molecule has 1 N–H and O–H groups in total. The van der Waals surface area contributed by atoms with Crippen molar-refractivity contribution < 1.29 is 9.72 Å². The Bertz CT molecular complexity index is 938. The molecule has 3 aromatic rings. The number of hydrogen-bond acceptors (Lipinski definition) is 6. The van der Waals surface area contributed by atoms with E-state index in [0.717, 1.165) is 16.8 Å². The van der Waals surface area contributed by atoms with E-state index in [1.54, 1.807) is 24.0 Å². The molecule has 0 bridgehead atoms. The first kappa shape index (κ1) is 17.3. The second kappa shape index (κ2) is 7.17. The number of nitro groups is 1. The van der Waals surface area contributed by atoms with Gasteiger partial charge in [-0.2, -0.15) is 10.2 Å². The van der Waals surface area contributed by atoms with Crippen molar-refractivity contribution in [1.29, 1.82) is 0 Å². The first-order chi connectivity index (χ1) is 12.4. The molecule has 3 aromatic heterocycles. The van der Waals surface area contributed by atoms with Crippen LogP contribution in [0.1, 0.15) is 18.2 Å². The maximum Gasteiger partial charge on any atom is 0.345 e. The summed E-state index contributed by atoms with van der Waals surface area (Å²) in [5.74, 6) is -0.643. The first-order valence-corrected chi connectivity index (χ1v) is 7.97. The van der Waals surface area contributed by atoms with Crippen LogP contribution in [0.15, 0.2) is 30.9 Å². The zero-order chi connectivity index (χ0) is 18.7. The number of amides is 1. The SMILES string of the molecule is CCn1cc(Cn2cc(NC(=O)Cn3nc(C)cc3[N+](=O)[O-])cn2)cn1. The van der Waals surface area contributed by atoms with Crippen molar-refractivity contribution in [2.75, 3.05) is 5.32 Å². The molecule has 0 aliphatic carbocycles. The van der Waals surface area contributed by atoms with E-state index in [-0.39, 0.29) is 12.4 Å². The lowest BCUT2D eigenvalue weighted by atomic mass is 10.4. The Morgan fingerprint density at radius 2 is 2.04 bits per heavy atom. The van der Waals surface area contributed by atoms with Crippen molar-refractivity contribution in [3.63, 3.8) is 0 Å². The van der Waals surface area contributed by atoms with Gasteiger partial charge < -0.3 is 15.4 Å². The minimum atomic E-state index is -0.568. The number of nitrogens with one attached hydrogen (secondary N) is 1. The highest BCUT2D eigenvalue weighted by Gasteiger charge is 2.19. The molecule has 3 rings (SSSR count). The largest absolute Gasteiger partial charge is 0.358 e. The minimum absolute atomic E-state index is 0.221. The van der Waals surface area contributed by atoms with Crippen molar-refractivity contribution in [1.82, 2.24) is 29.3 Å². The summed E-state index contributed by atoms with van der Waals surface area (Å²) in [5.41, 5.74) is 1.98. The molecule has 0 spiro atoms. The van der Waals surface area contributed by atoms with Gasteiger partial charge in [0.25, 0.3) is 5.91 Å². The Kier molecular flexibility index (Phi) is 4.78. The molecule has 11 heteroatoms. The molecule has 136 valence electrons. The van der Waals surface area contributed by atoms with E-state index in [1.807, 2.05) is 17.8 Å². The summed E-state index contributed by atoms with van der Waals surface area (Å²) in [6.45, 7) is 4.70. The van der Waals surface area contributed by atoms with Crippen LogP contribution < -0.4 is 5.32 Å². The molecule has 0 fully saturated rings. The van der Waals surface area contributed by atoms with E-state index in [1.165, 1.54) is 12.3 Å². The van der Waals surface area contributed by atoms with E-state index in [4.69, 9.17) is 0 Å². The number of carbonyl (C=O) groups is 1. The summed E-state index contributed by atoms with van der Waals surface area (Å²) >= 11 is 0. The van der Waals surface area contributed by atoms with Gasteiger partial charge in [0, 0.05) is 24.5 Å². The first-order valence-electron chi connectivity index (χ1n) is 7.97. The van der Waals surface area contributed by atoms with Crippen LogP contribution in [0.4, 0.5) is 11.5 Å². The molecule has 0 atom stereocenters. The van der Waals surface area contributed by atoms with Gasteiger partial charge in [-0.05, 0) is 18.8 Å². The van der Waals surface area contributed by atoms with E-state index in [9.17, 15) is 14.9 Å². The van der Waals surface area contributed by atoms with Crippen LogP contribution in [-0.4, -0.2) is 40.2 Å². The van der Waals surface area contributed by atoms with Crippen LogP contribution in [0.5, 0.6) is 0 Å². The Morgan fingerprint density at radius 1 is 1.27 bits per heavy atom. The number of rotatable bonds is 7. The highest BCUT2D eigenvalue weighted by atomic mass is 16.6. The predicted molar refractivity (Wildman–Crippen MR) is 91.5 cm³/mol. The zero-order valence-electron chi connectivity index (χ0n) is 14.4. The van der Waals surface area contributed by atoms with Gasteiger partial charge >= 0.3 is 5.82 Å². The second-order valence-corrected chi connectivity index (χ2v) is 5.74. The van der Waals surface area contributed by atoms with Gasteiger partial charge in [-0.3, -0.25) is 14.2 Å². The van der Waals surface area contributed by atoms with Gasteiger partial charge in [0.05, 0.1) is 36.4 Å². The molecule has 11 nitrogen and oxygen atoms in total. The van der Waals surface area contributed by atoms with Crippen LogP contribution in [0, 0.1) is 17.0 Å². The topological polar surface area (TPSA) is 126 Å². The molecule has 1 amide bonds. The molecule has 0 aliphatic heterocycles. The van der Waals surface area contributed by atoms with Crippen molar-refractivity contribution in [3.8, 4) is 0 Å². The summed E-state index contributed by atoms with van der Waals surface area (Å²) in [6, 6.07) is 1.32. The van der Waals surface area contributed by atoms with Crippen LogP contribution >= 0.6 is 0 Å². The maximum absolute atomic E-state index is 12.1. The Morgan fingerprint density at radius 3 is 2.73 bits per heavy atom. The predicted octanol–water partition coefficient (Wildman–Crippen LogP) is 1.20. The Balaban J connectivity index is 1.62. The van der Waals surface area contributed by atoms with E-state index < -0.39 is 10.8 Å². The van der Waals surface area contributed by atoms with Crippen LogP contribution in [0.25, 0.3) is 0 Å². The number of hydrogen-bond donors (Lipinski definition) is 1. The smallest absolute Gasteiger partial charge is 0.345 e. The summed E-state index contributed by atoms with van der Waals surface area (Å²) in [7, 11) is 0. The number of carbonyl (C=O) groups excluding carboxylic acids is 1. The standard InChI is InChI=1S/C15H18N8O3/c1-3-20-7-12(5-16-20)8-21-9-13(6-17-21)18-14(24)10-22-15(23(25)26)4-11(2)19-22/h4-7,9H,3,8,10H2,1-2H3,(H,18,24). The minimum Gasteiger partial charge on any atom is -0.358 e. The van der Waals surface area contributed by atoms with E-state index >= 15 is 0 Å². The van der Waals surface area contributed by atoms with Gasteiger partial charge in [0.2, 0.25) is 0 Å². The van der Waals surface area contributed by atoms with Crippen molar-refractivity contribution in [2.24, 2.45) is 0 Å². The van der Waals surface area contributed by atoms with Crippen LogP contribution in [-0.2, 0) is 24.4 Å². The maximum atomic E-state index is 12.1. The molecule has 3 heterocycles. The van der Waals surface area contributed by atoms with Gasteiger partial charge in [0.1, 0.15) is 0 Å². The lowest BCUT2D eigenvalue weighted by molar-refractivity contribution is -0.392. The molecule has 0 aromatic carbocycles. The molecule has 0 unspecified atom stereocenters. The molecular weight excluding hydrogens is 340 g/mol. The number of aromatic nitrogens is 6. The van der Waals surface area contributed by atoms with Crippen molar-refractivity contribution >= 4 is 17.4 Å². The third-order valence-corrected chi connectivity index (χ3v) is 3.63. The summed E-state index contributed by atoms with van der Waals surface area (Å²) < 4.78 is 4.56. The summed E-state index contributed by atoms with van der Waals surface area (Å²) in [4.78, 5) is 22.5. The highest BCUT2D eigenvalue weighted by Crippen LogP contribution is 2.13. The van der Waals surface area contributed by atoms with Crippen molar-refractivity contribution in [3.05, 3.63) is 52.2 Å². The lowest BCUT2D eigenvalue weighted by Gasteiger charge is -2.01. The molecule has 0 saturated carbocycles. The molecule has 0 saturated heterocycles. The second-order valence-electron chi connectivity index (χ2n) is 5.74. The highest BCUT2D eigenvalue weighted by molar-refractivity contribution is 5.90. The lowest BCUT2D eigenvalue weighted by Crippen LogP contribution is -2.20. The average molecular weight is 358 g/mol. The Hall–Kier alpha value is -3.50. The van der Waals surface area contributed by atoms with Gasteiger partial charge in [-0.1, -0.05) is 5.10 Å². The zero-order valence-corrected chi connectivity index (χ0v) is 14.4.